The second-order valence-electron chi connectivity index (χ2n) is 7.40. The molecule has 8 nitrogen and oxygen atoms in total. The van der Waals surface area contributed by atoms with Gasteiger partial charge in [-0.25, -0.2) is 4.79 Å². The fourth-order valence-corrected chi connectivity index (χ4v) is 3.11. The Balaban J connectivity index is 1.47. The molecule has 0 bridgehead atoms. The van der Waals surface area contributed by atoms with Crippen molar-refractivity contribution >= 4 is 29.2 Å². The Morgan fingerprint density at radius 2 is 1.76 bits per heavy atom. The molecule has 0 saturated carbocycles. The summed E-state index contributed by atoms with van der Waals surface area (Å²) >= 11 is 0. The fourth-order valence-electron chi connectivity index (χ4n) is 3.11. The molecule has 0 atom stereocenters. The number of hydrogen-bond acceptors (Lipinski definition) is 4. The zero-order chi connectivity index (χ0) is 20.8. The number of urea groups is 1. The van der Waals surface area contributed by atoms with Crippen LogP contribution in [0.4, 0.5) is 16.2 Å². The second-order valence-corrected chi connectivity index (χ2v) is 7.40. The Kier molecular flexibility index (Phi) is 6.54. The first-order valence-corrected chi connectivity index (χ1v) is 9.72. The van der Waals surface area contributed by atoms with E-state index in [1.165, 1.54) is 12.5 Å². The summed E-state index contributed by atoms with van der Waals surface area (Å²) in [6, 6.07) is 8.35. The van der Waals surface area contributed by atoms with E-state index in [-0.39, 0.29) is 29.8 Å². The van der Waals surface area contributed by atoms with E-state index in [2.05, 4.69) is 16.0 Å². The molecule has 1 aliphatic rings. The van der Waals surface area contributed by atoms with E-state index in [0.29, 0.717) is 42.9 Å². The van der Waals surface area contributed by atoms with Crippen molar-refractivity contribution in [1.82, 2.24) is 10.2 Å². The first-order chi connectivity index (χ1) is 13.9. The first kappa shape index (κ1) is 20.4. The van der Waals surface area contributed by atoms with Gasteiger partial charge in [-0.2, -0.15) is 0 Å². The minimum atomic E-state index is -0.308. The standard InChI is InChI=1S/C21H26N4O4/c1-14(2)19(26)22-17-4-3-5-18(12-17)24-21(28)23-16-6-9-25(10-7-16)20(27)15-8-11-29-13-15/h3-5,8,11-14,16H,6-7,9-10H2,1-2H3,(H,22,26)(H2,23,24,28). The van der Waals surface area contributed by atoms with Crippen LogP contribution in [0.25, 0.3) is 0 Å². The predicted molar refractivity (Wildman–Crippen MR) is 110 cm³/mol. The van der Waals surface area contributed by atoms with Gasteiger partial charge in [0.2, 0.25) is 5.91 Å². The van der Waals surface area contributed by atoms with E-state index in [0.717, 1.165) is 0 Å². The van der Waals surface area contributed by atoms with Crippen LogP contribution < -0.4 is 16.0 Å². The van der Waals surface area contributed by atoms with Crippen LogP contribution >= 0.6 is 0 Å². The van der Waals surface area contributed by atoms with Gasteiger partial charge in [0, 0.05) is 36.4 Å². The topological polar surface area (TPSA) is 104 Å². The van der Waals surface area contributed by atoms with Crippen LogP contribution in [0.5, 0.6) is 0 Å². The monoisotopic (exact) mass is 398 g/mol. The van der Waals surface area contributed by atoms with Crippen molar-refractivity contribution in [3.8, 4) is 0 Å². The van der Waals surface area contributed by atoms with E-state index in [1.54, 1.807) is 35.2 Å². The van der Waals surface area contributed by atoms with Gasteiger partial charge in [-0.05, 0) is 37.1 Å². The highest BCUT2D eigenvalue weighted by atomic mass is 16.3. The molecule has 0 unspecified atom stereocenters. The van der Waals surface area contributed by atoms with Crippen molar-refractivity contribution in [1.29, 1.82) is 0 Å². The summed E-state index contributed by atoms with van der Waals surface area (Å²) in [4.78, 5) is 38.2. The second kappa shape index (κ2) is 9.27. The van der Waals surface area contributed by atoms with Crippen molar-refractivity contribution in [3.63, 3.8) is 0 Å². The van der Waals surface area contributed by atoms with Crippen molar-refractivity contribution < 1.29 is 18.8 Å². The summed E-state index contributed by atoms with van der Waals surface area (Å²) in [5, 5.41) is 8.55. The Bertz CT molecular complexity index is 855. The number of carbonyl (C=O) groups excluding carboxylic acids is 3. The van der Waals surface area contributed by atoms with Gasteiger partial charge in [-0.15, -0.1) is 0 Å². The van der Waals surface area contributed by atoms with Crippen LogP contribution in [0.3, 0.4) is 0 Å². The summed E-state index contributed by atoms with van der Waals surface area (Å²) < 4.78 is 4.96. The number of anilines is 2. The zero-order valence-corrected chi connectivity index (χ0v) is 16.6. The number of likely N-dealkylation sites (tertiary alicyclic amines) is 1. The molecule has 0 aliphatic carbocycles. The van der Waals surface area contributed by atoms with Gasteiger partial charge in [0.15, 0.2) is 0 Å². The number of hydrogen-bond donors (Lipinski definition) is 3. The molecular weight excluding hydrogens is 372 g/mol. The van der Waals surface area contributed by atoms with Crippen LogP contribution in [0, 0.1) is 5.92 Å². The lowest BCUT2D eigenvalue weighted by Gasteiger charge is -2.32. The Morgan fingerprint density at radius 3 is 2.38 bits per heavy atom. The van der Waals surface area contributed by atoms with Gasteiger partial charge in [0.05, 0.1) is 11.8 Å². The number of benzene rings is 1. The van der Waals surface area contributed by atoms with E-state index in [9.17, 15) is 14.4 Å². The summed E-state index contributed by atoms with van der Waals surface area (Å²) in [5.41, 5.74) is 1.77. The molecule has 3 rings (SSSR count). The molecule has 0 spiro atoms. The minimum absolute atomic E-state index is 0.00720. The highest BCUT2D eigenvalue weighted by Gasteiger charge is 2.25. The average molecular weight is 398 g/mol. The predicted octanol–water partition coefficient (Wildman–Crippen LogP) is 3.30. The van der Waals surface area contributed by atoms with E-state index in [4.69, 9.17) is 4.42 Å². The maximum Gasteiger partial charge on any atom is 0.319 e. The van der Waals surface area contributed by atoms with Crippen LogP contribution in [0.15, 0.2) is 47.3 Å². The van der Waals surface area contributed by atoms with Crippen LogP contribution in [0.2, 0.25) is 0 Å². The van der Waals surface area contributed by atoms with Gasteiger partial charge >= 0.3 is 6.03 Å². The molecule has 1 saturated heterocycles. The third kappa shape index (κ3) is 5.60. The van der Waals surface area contributed by atoms with Crippen molar-refractivity contribution in [2.24, 2.45) is 5.92 Å². The van der Waals surface area contributed by atoms with Crippen LogP contribution in [-0.4, -0.2) is 41.9 Å². The van der Waals surface area contributed by atoms with Crippen molar-refractivity contribution in [2.45, 2.75) is 32.7 Å². The largest absolute Gasteiger partial charge is 0.472 e. The quantitative estimate of drug-likeness (QED) is 0.719. The zero-order valence-electron chi connectivity index (χ0n) is 16.6. The molecule has 2 aromatic rings. The van der Waals surface area contributed by atoms with Gasteiger partial charge in [-0.3, -0.25) is 9.59 Å². The summed E-state index contributed by atoms with van der Waals surface area (Å²) in [6.07, 6.45) is 4.29. The molecule has 4 amide bonds. The molecule has 1 aromatic carbocycles. The van der Waals surface area contributed by atoms with E-state index in [1.807, 2.05) is 13.8 Å². The minimum Gasteiger partial charge on any atom is -0.472 e. The van der Waals surface area contributed by atoms with Crippen LogP contribution in [-0.2, 0) is 4.79 Å². The summed E-state index contributed by atoms with van der Waals surface area (Å²) in [5.74, 6) is -0.258. The molecule has 154 valence electrons. The lowest BCUT2D eigenvalue weighted by Crippen LogP contribution is -2.47. The van der Waals surface area contributed by atoms with Gasteiger partial charge in [-0.1, -0.05) is 19.9 Å². The summed E-state index contributed by atoms with van der Waals surface area (Å²) in [7, 11) is 0. The summed E-state index contributed by atoms with van der Waals surface area (Å²) in [6.45, 7) is 4.79. The molecule has 3 N–H and O–H groups in total. The van der Waals surface area contributed by atoms with E-state index < -0.39 is 0 Å². The molecule has 2 heterocycles. The first-order valence-electron chi connectivity index (χ1n) is 9.72. The Labute approximate surface area is 169 Å². The highest BCUT2D eigenvalue weighted by Crippen LogP contribution is 2.17. The maximum atomic E-state index is 12.3. The third-order valence-electron chi connectivity index (χ3n) is 4.80. The molecule has 1 aromatic heterocycles. The SMILES string of the molecule is CC(C)C(=O)Nc1cccc(NC(=O)NC2CCN(C(=O)c3ccoc3)CC2)c1. The van der Waals surface area contributed by atoms with Crippen molar-refractivity contribution in [2.75, 3.05) is 23.7 Å². The van der Waals surface area contributed by atoms with Gasteiger partial charge in [0.25, 0.3) is 5.91 Å². The third-order valence-corrected chi connectivity index (χ3v) is 4.80. The molecule has 29 heavy (non-hydrogen) atoms. The Morgan fingerprint density at radius 1 is 1.07 bits per heavy atom. The normalized spacial score (nSPS) is 14.5. The number of piperidine rings is 1. The lowest BCUT2D eigenvalue weighted by atomic mass is 10.0. The number of nitrogens with one attached hydrogen (secondary N) is 3. The molecule has 0 radical (unpaired) electrons. The average Bonchev–Trinajstić information content (AvgIpc) is 3.23. The van der Waals surface area contributed by atoms with Crippen molar-refractivity contribution in [3.05, 3.63) is 48.4 Å². The van der Waals surface area contributed by atoms with Crippen LogP contribution in [0.1, 0.15) is 37.0 Å². The van der Waals surface area contributed by atoms with Gasteiger partial charge in [0.1, 0.15) is 6.26 Å². The Hall–Kier alpha value is -3.29. The number of carbonyl (C=O) groups is 3. The van der Waals surface area contributed by atoms with Gasteiger partial charge < -0.3 is 25.3 Å². The number of furan rings is 1. The molecule has 1 aliphatic heterocycles. The number of rotatable bonds is 5. The number of nitrogens with zero attached hydrogens (tertiary/aromatic N) is 1. The lowest BCUT2D eigenvalue weighted by molar-refractivity contribution is -0.118. The number of amides is 4. The maximum absolute atomic E-state index is 12.3. The fraction of sp³-hybridized carbons (Fsp3) is 0.381. The molecule has 8 heteroatoms. The smallest absolute Gasteiger partial charge is 0.319 e. The van der Waals surface area contributed by atoms with E-state index >= 15 is 0 Å². The molecule has 1 fully saturated rings. The highest BCUT2D eigenvalue weighted by molar-refractivity contribution is 5.95. The molecular formula is C21H26N4O4.